The number of aromatic nitrogens is 4. The van der Waals surface area contributed by atoms with Crippen molar-refractivity contribution in [3.63, 3.8) is 0 Å². The van der Waals surface area contributed by atoms with Gasteiger partial charge in [0.25, 0.3) is 11.1 Å². The van der Waals surface area contributed by atoms with E-state index in [0.29, 0.717) is 36.5 Å². The maximum Gasteiger partial charge on any atom is 0.328 e. The number of rotatable bonds is 6. The molecule has 1 aliphatic rings. The van der Waals surface area contributed by atoms with Crippen LogP contribution in [0.4, 0.5) is 5.69 Å². The summed E-state index contributed by atoms with van der Waals surface area (Å²) in [5.41, 5.74) is -0.0569. The fourth-order valence-electron chi connectivity index (χ4n) is 2.68. The van der Waals surface area contributed by atoms with Crippen molar-refractivity contribution in [2.45, 2.75) is 32.1 Å². The van der Waals surface area contributed by atoms with E-state index in [4.69, 9.17) is 0 Å². The van der Waals surface area contributed by atoms with E-state index in [2.05, 4.69) is 19.9 Å². The number of Topliss-reactive ketones (excluding diaryl/α,β-unsaturated/α-hetero) is 1. The molecule has 0 aliphatic carbocycles. The summed E-state index contributed by atoms with van der Waals surface area (Å²) in [4.78, 5) is 60.0. The molecule has 0 spiro atoms. The van der Waals surface area contributed by atoms with Crippen LogP contribution in [0.1, 0.15) is 29.9 Å². The molecule has 2 aromatic rings. The molecule has 0 fully saturated rings. The zero-order valence-electron chi connectivity index (χ0n) is 13.7. The third-order valence-corrected chi connectivity index (χ3v) is 3.96. The second-order valence-electron chi connectivity index (χ2n) is 5.92. The number of nitrogens with zero attached hydrogens (tertiary/aromatic N) is 3. The molecule has 0 radical (unpaired) electrons. The predicted octanol–water partition coefficient (Wildman–Crippen LogP) is -0.450. The number of hydrogen-bond donors (Lipinski definition) is 2. The van der Waals surface area contributed by atoms with E-state index < -0.39 is 11.2 Å². The van der Waals surface area contributed by atoms with Gasteiger partial charge >= 0.3 is 5.69 Å². The van der Waals surface area contributed by atoms with Crippen LogP contribution >= 0.6 is 0 Å². The van der Waals surface area contributed by atoms with Crippen molar-refractivity contribution >= 4 is 17.7 Å². The Labute approximate surface area is 141 Å². The van der Waals surface area contributed by atoms with Crippen LogP contribution in [0.2, 0.25) is 0 Å². The number of H-pyrrole nitrogens is 2. The molecule has 3 heterocycles. The van der Waals surface area contributed by atoms with Gasteiger partial charge in [0.2, 0.25) is 0 Å². The smallest absolute Gasteiger partial charge is 0.309 e. The van der Waals surface area contributed by atoms with Crippen LogP contribution in [0.3, 0.4) is 0 Å². The highest BCUT2D eigenvalue weighted by molar-refractivity contribution is 5.80. The average Bonchev–Trinajstić information content (AvgIpc) is 3.02. The van der Waals surface area contributed by atoms with Crippen molar-refractivity contribution in [2.75, 3.05) is 0 Å². The number of nitrogens with one attached hydrogen (secondary N) is 2. The molecule has 0 saturated heterocycles. The molecule has 0 bridgehead atoms. The molecular formula is C16H17N5O4. The molecular weight excluding hydrogens is 326 g/mol. The van der Waals surface area contributed by atoms with Gasteiger partial charge in [-0.1, -0.05) is 0 Å². The Balaban J connectivity index is 1.58. The predicted molar refractivity (Wildman–Crippen MR) is 90.7 cm³/mol. The van der Waals surface area contributed by atoms with E-state index >= 15 is 0 Å². The number of aromatic amines is 2. The molecule has 9 heteroatoms. The van der Waals surface area contributed by atoms with Gasteiger partial charge in [0.15, 0.2) is 0 Å². The second kappa shape index (κ2) is 6.80. The molecule has 2 N–H and O–H groups in total. The van der Waals surface area contributed by atoms with Crippen LogP contribution in [-0.4, -0.2) is 31.5 Å². The van der Waals surface area contributed by atoms with Crippen molar-refractivity contribution in [3.8, 4) is 0 Å². The largest absolute Gasteiger partial charge is 0.328 e. The fourth-order valence-corrected chi connectivity index (χ4v) is 2.68. The normalized spacial score (nSPS) is 12.4. The SMILES string of the molecule is Cn1cc(CC(=O)CCCc2nc3c(c(=O)[nH]2)N=CC3)c(=O)[nH]c1=O. The molecule has 3 rings (SSSR count). The summed E-state index contributed by atoms with van der Waals surface area (Å²) < 4.78 is 1.23. The monoisotopic (exact) mass is 343 g/mol. The number of ketones is 1. The number of carbonyl (C=O) groups is 1. The van der Waals surface area contributed by atoms with Gasteiger partial charge in [-0.05, 0) is 6.42 Å². The van der Waals surface area contributed by atoms with E-state index in [1.54, 1.807) is 6.21 Å². The lowest BCUT2D eigenvalue weighted by Crippen LogP contribution is -2.30. The summed E-state index contributed by atoms with van der Waals surface area (Å²) >= 11 is 0. The van der Waals surface area contributed by atoms with Gasteiger partial charge in [0, 0.05) is 50.7 Å². The summed E-state index contributed by atoms with van der Waals surface area (Å²) in [5.74, 6) is 0.415. The molecule has 130 valence electrons. The average molecular weight is 343 g/mol. The van der Waals surface area contributed by atoms with Crippen molar-refractivity contribution < 1.29 is 4.79 Å². The minimum Gasteiger partial charge on any atom is -0.309 e. The second-order valence-corrected chi connectivity index (χ2v) is 5.92. The third kappa shape index (κ3) is 3.70. The number of aliphatic imine (C=N–C) groups is 1. The topological polar surface area (TPSA) is 130 Å². The van der Waals surface area contributed by atoms with E-state index in [9.17, 15) is 19.2 Å². The molecule has 1 aliphatic heterocycles. The highest BCUT2D eigenvalue weighted by Crippen LogP contribution is 2.16. The lowest BCUT2D eigenvalue weighted by atomic mass is 10.1. The van der Waals surface area contributed by atoms with Crippen molar-refractivity contribution in [2.24, 2.45) is 12.0 Å². The summed E-state index contributed by atoms with van der Waals surface area (Å²) in [5, 5.41) is 0. The van der Waals surface area contributed by atoms with Gasteiger partial charge in [-0.2, -0.15) is 0 Å². The first kappa shape index (κ1) is 16.7. The molecule has 0 saturated carbocycles. The van der Waals surface area contributed by atoms with Crippen LogP contribution in [-0.2, 0) is 31.1 Å². The maximum absolute atomic E-state index is 12.1. The molecule has 0 aromatic carbocycles. The van der Waals surface area contributed by atoms with Crippen LogP contribution < -0.4 is 16.8 Å². The molecule has 0 amide bonds. The fraction of sp³-hybridized carbons (Fsp3) is 0.375. The maximum atomic E-state index is 12.1. The standard InChI is InChI=1S/C16H17N5O4/c1-21-8-9(14(23)20-16(21)25)7-10(22)3-2-4-12-18-11-5-6-17-13(11)15(24)19-12/h6,8H,2-5,7H2,1H3,(H,18,19,24)(H,20,23,25). The highest BCUT2D eigenvalue weighted by Gasteiger charge is 2.14. The van der Waals surface area contributed by atoms with Crippen molar-refractivity contribution in [1.82, 2.24) is 19.5 Å². The zero-order chi connectivity index (χ0) is 18.0. The van der Waals surface area contributed by atoms with Crippen LogP contribution in [0.15, 0.2) is 25.6 Å². The van der Waals surface area contributed by atoms with Crippen LogP contribution in [0.25, 0.3) is 0 Å². The van der Waals surface area contributed by atoms with Gasteiger partial charge in [-0.15, -0.1) is 0 Å². The van der Waals surface area contributed by atoms with Gasteiger partial charge in [-0.25, -0.2) is 9.78 Å². The first-order chi connectivity index (χ1) is 11.9. The number of carbonyl (C=O) groups excluding carboxylic acids is 1. The molecule has 0 atom stereocenters. The van der Waals surface area contributed by atoms with Crippen LogP contribution in [0.5, 0.6) is 0 Å². The van der Waals surface area contributed by atoms with Gasteiger partial charge in [-0.3, -0.25) is 24.4 Å². The Hall–Kier alpha value is -3.10. The Kier molecular flexibility index (Phi) is 4.55. The van der Waals surface area contributed by atoms with Crippen molar-refractivity contribution in [3.05, 3.63) is 54.5 Å². The first-order valence-electron chi connectivity index (χ1n) is 7.89. The summed E-state index contributed by atoms with van der Waals surface area (Å²) in [6, 6.07) is 0. The highest BCUT2D eigenvalue weighted by atomic mass is 16.2. The van der Waals surface area contributed by atoms with Crippen LogP contribution in [0, 0.1) is 0 Å². The number of fused-ring (bicyclic) bond motifs is 1. The molecule has 0 unspecified atom stereocenters. The Morgan fingerprint density at radius 3 is 2.84 bits per heavy atom. The Morgan fingerprint density at radius 1 is 1.24 bits per heavy atom. The summed E-state index contributed by atoms with van der Waals surface area (Å²) in [7, 11) is 1.51. The Bertz CT molecular complexity index is 1030. The van der Waals surface area contributed by atoms with Gasteiger partial charge in [0.1, 0.15) is 17.3 Å². The molecule has 9 nitrogen and oxygen atoms in total. The van der Waals surface area contributed by atoms with E-state index in [1.807, 2.05) is 0 Å². The van der Waals surface area contributed by atoms with Gasteiger partial charge in [0.05, 0.1) is 5.69 Å². The minimum absolute atomic E-state index is 0.0363. The van der Waals surface area contributed by atoms with E-state index in [1.165, 1.54) is 17.8 Å². The quantitative estimate of drug-likeness (QED) is 0.733. The summed E-state index contributed by atoms with van der Waals surface area (Å²) in [6.45, 7) is 0. The molecule has 2 aromatic heterocycles. The zero-order valence-corrected chi connectivity index (χ0v) is 13.7. The van der Waals surface area contributed by atoms with E-state index in [-0.39, 0.29) is 29.7 Å². The summed E-state index contributed by atoms with van der Waals surface area (Å²) in [6.07, 6.45) is 4.73. The Morgan fingerprint density at radius 2 is 2.04 bits per heavy atom. The third-order valence-electron chi connectivity index (χ3n) is 3.96. The number of aryl methyl sites for hydroxylation is 2. The van der Waals surface area contributed by atoms with Crippen molar-refractivity contribution in [1.29, 1.82) is 0 Å². The van der Waals surface area contributed by atoms with E-state index in [0.717, 1.165) is 0 Å². The first-order valence-corrected chi connectivity index (χ1v) is 7.89. The minimum atomic E-state index is -0.541. The lowest BCUT2D eigenvalue weighted by molar-refractivity contribution is -0.118. The molecule has 25 heavy (non-hydrogen) atoms. The number of hydrogen-bond acceptors (Lipinski definition) is 6. The lowest BCUT2D eigenvalue weighted by Gasteiger charge is -2.04. The van der Waals surface area contributed by atoms with Gasteiger partial charge < -0.3 is 9.55 Å².